The Morgan fingerprint density at radius 3 is 2.86 bits per heavy atom. The molecule has 1 aliphatic rings. The minimum atomic E-state index is 0.0624. The summed E-state index contributed by atoms with van der Waals surface area (Å²) in [6.45, 7) is 0. The molecule has 0 aliphatic heterocycles. The topological polar surface area (TPSA) is 59.2 Å². The van der Waals surface area contributed by atoms with E-state index in [1.807, 2.05) is 42.3 Å². The smallest absolute Gasteiger partial charge is 0.277 e. The molecule has 144 valence electrons. The first-order valence-corrected chi connectivity index (χ1v) is 11.0. The van der Waals surface area contributed by atoms with Crippen LogP contribution in [0.2, 0.25) is 0 Å². The molecule has 4 rings (SSSR count). The van der Waals surface area contributed by atoms with Crippen LogP contribution in [0.25, 0.3) is 11.5 Å². The number of hydrogen-bond acceptors (Lipinski definition) is 5. The molecule has 1 atom stereocenters. The molecule has 1 amide bonds. The van der Waals surface area contributed by atoms with Crippen molar-refractivity contribution in [2.45, 2.75) is 30.5 Å². The molecule has 0 saturated heterocycles. The predicted molar refractivity (Wildman–Crippen MR) is 113 cm³/mol. The van der Waals surface area contributed by atoms with E-state index in [1.54, 1.807) is 0 Å². The monoisotopic (exact) mass is 457 g/mol. The Kier molecular flexibility index (Phi) is 5.82. The lowest BCUT2D eigenvalue weighted by Crippen LogP contribution is -2.34. The van der Waals surface area contributed by atoms with Crippen LogP contribution in [0.5, 0.6) is 0 Å². The summed E-state index contributed by atoms with van der Waals surface area (Å²) >= 11 is 4.76. The summed E-state index contributed by atoms with van der Waals surface area (Å²) in [7, 11) is 1.88. The van der Waals surface area contributed by atoms with E-state index in [9.17, 15) is 4.79 Å². The molecule has 7 heteroatoms. The highest BCUT2D eigenvalue weighted by Crippen LogP contribution is 2.34. The Hall–Kier alpha value is -2.12. The van der Waals surface area contributed by atoms with Crippen molar-refractivity contribution in [2.24, 2.45) is 0 Å². The van der Waals surface area contributed by atoms with Gasteiger partial charge in [0.05, 0.1) is 17.4 Å². The van der Waals surface area contributed by atoms with E-state index >= 15 is 0 Å². The third-order valence-corrected chi connectivity index (χ3v) is 6.52. The van der Waals surface area contributed by atoms with Gasteiger partial charge in [-0.25, -0.2) is 0 Å². The van der Waals surface area contributed by atoms with Gasteiger partial charge in [-0.3, -0.25) is 4.79 Å². The van der Waals surface area contributed by atoms with Crippen LogP contribution in [0.3, 0.4) is 0 Å². The molecule has 1 aromatic heterocycles. The molecular weight excluding hydrogens is 438 g/mol. The van der Waals surface area contributed by atoms with Gasteiger partial charge in [0.2, 0.25) is 11.8 Å². The number of benzene rings is 2. The van der Waals surface area contributed by atoms with E-state index in [0.29, 0.717) is 11.1 Å². The van der Waals surface area contributed by atoms with Gasteiger partial charge >= 0.3 is 0 Å². The maximum Gasteiger partial charge on any atom is 0.277 e. The fraction of sp³-hybridized carbons (Fsp3) is 0.286. The van der Waals surface area contributed by atoms with E-state index in [1.165, 1.54) is 22.9 Å². The zero-order chi connectivity index (χ0) is 19.5. The summed E-state index contributed by atoms with van der Waals surface area (Å²) < 4.78 is 6.61. The number of halogens is 1. The van der Waals surface area contributed by atoms with Crippen LogP contribution in [-0.2, 0) is 11.2 Å². The van der Waals surface area contributed by atoms with E-state index in [4.69, 9.17) is 4.42 Å². The van der Waals surface area contributed by atoms with Gasteiger partial charge in [0.25, 0.3) is 5.22 Å². The Morgan fingerprint density at radius 2 is 2.00 bits per heavy atom. The molecule has 0 bridgehead atoms. The zero-order valence-electron chi connectivity index (χ0n) is 15.5. The van der Waals surface area contributed by atoms with Crippen molar-refractivity contribution in [3.05, 3.63) is 64.1 Å². The van der Waals surface area contributed by atoms with Crippen LogP contribution >= 0.6 is 27.7 Å². The second-order valence-corrected chi connectivity index (χ2v) is 8.53. The molecule has 0 radical (unpaired) electrons. The molecular formula is C21H20BrN3O2S. The highest BCUT2D eigenvalue weighted by atomic mass is 79.9. The standard InChI is InChI=1S/C21H20BrN3O2S/c1-25(18-12-6-8-14-7-2-3-9-15(14)18)19(26)13-28-21-24-23-20(27-21)16-10-4-5-11-17(16)22/h2-5,7,9-11,18H,6,8,12-13H2,1H3. The molecule has 3 aromatic rings. The molecule has 1 unspecified atom stereocenters. The number of aryl methyl sites for hydroxylation is 1. The van der Waals surface area contributed by atoms with Crippen molar-refractivity contribution in [1.82, 2.24) is 15.1 Å². The maximum absolute atomic E-state index is 12.8. The van der Waals surface area contributed by atoms with E-state index < -0.39 is 0 Å². The van der Waals surface area contributed by atoms with Crippen molar-refractivity contribution in [2.75, 3.05) is 12.8 Å². The van der Waals surface area contributed by atoms with Crippen LogP contribution < -0.4 is 0 Å². The molecule has 2 aromatic carbocycles. The number of fused-ring (bicyclic) bond motifs is 1. The summed E-state index contributed by atoms with van der Waals surface area (Å²) in [6, 6.07) is 16.2. The second kappa shape index (κ2) is 8.49. The van der Waals surface area contributed by atoms with E-state index in [0.717, 1.165) is 29.3 Å². The largest absolute Gasteiger partial charge is 0.411 e. The fourth-order valence-corrected chi connectivity index (χ4v) is 4.68. The van der Waals surface area contributed by atoms with Gasteiger partial charge in [0.1, 0.15) is 0 Å². The second-order valence-electron chi connectivity index (χ2n) is 6.75. The normalized spacial score (nSPS) is 15.9. The molecule has 0 N–H and O–H groups in total. The predicted octanol–water partition coefficient (Wildman–Crippen LogP) is 5.13. The van der Waals surface area contributed by atoms with Crippen molar-refractivity contribution in [3.8, 4) is 11.5 Å². The quantitative estimate of drug-likeness (QED) is 0.497. The van der Waals surface area contributed by atoms with E-state index in [-0.39, 0.29) is 17.7 Å². The van der Waals surface area contributed by atoms with Crippen LogP contribution in [0.15, 0.2) is 62.6 Å². The molecule has 1 aliphatic carbocycles. The van der Waals surface area contributed by atoms with Crippen LogP contribution in [-0.4, -0.2) is 33.8 Å². The molecule has 0 fully saturated rings. The molecule has 0 saturated carbocycles. The average Bonchev–Trinajstić information content (AvgIpc) is 3.20. The first-order valence-electron chi connectivity index (χ1n) is 9.18. The first-order chi connectivity index (χ1) is 13.6. The summed E-state index contributed by atoms with van der Waals surface area (Å²) in [5.41, 5.74) is 3.45. The number of thioether (sulfide) groups is 1. The van der Waals surface area contributed by atoms with Gasteiger partial charge in [-0.05, 0) is 58.5 Å². The Bertz CT molecular complexity index is 991. The zero-order valence-corrected chi connectivity index (χ0v) is 17.9. The summed E-state index contributed by atoms with van der Waals surface area (Å²) in [4.78, 5) is 14.6. The molecule has 0 spiro atoms. The van der Waals surface area contributed by atoms with Crippen LogP contribution in [0, 0.1) is 0 Å². The van der Waals surface area contributed by atoms with Gasteiger partial charge in [0, 0.05) is 11.5 Å². The Morgan fingerprint density at radius 1 is 1.21 bits per heavy atom. The first kappa shape index (κ1) is 19.2. The fourth-order valence-electron chi connectivity index (χ4n) is 3.54. The van der Waals surface area contributed by atoms with E-state index in [2.05, 4.69) is 44.3 Å². The third-order valence-electron chi connectivity index (χ3n) is 5.03. The van der Waals surface area contributed by atoms with Crippen LogP contribution in [0.4, 0.5) is 0 Å². The molecule has 1 heterocycles. The number of aromatic nitrogens is 2. The molecule has 5 nitrogen and oxygen atoms in total. The lowest BCUT2D eigenvalue weighted by atomic mass is 9.87. The van der Waals surface area contributed by atoms with Gasteiger partial charge in [0.15, 0.2) is 0 Å². The number of carbonyl (C=O) groups is 1. The minimum Gasteiger partial charge on any atom is -0.411 e. The lowest BCUT2D eigenvalue weighted by Gasteiger charge is -2.33. The van der Waals surface area contributed by atoms with Crippen molar-refractivity contribution >= 4 is 33.6 Å². The number of hydrogen-bond donors (Lipinski definition) is 0. The highest BCUT2D eigenvalue weighted by molar-refractivity contribution is 9.10. The summed E-state index contributed by atoms with van der Waals surface area (Å²) in [5, 5.41) is 8.57. The highest BCUT2D eigenvalue weighted by Gasteiger charge is 2.26. The summed E-state index contributed by atoms with van der Waals surface area (Å²) in [6.07, 6.45) is 3.19. The van der Waals surface area contributed by atoms with Gasteiger partial charge < -0.3 is 9.32 Å². The van der Waals surface area contributed by atoms with Gasteiger partial charge in [-0.15, -0.1) is 10.2 Å². The van der Waals surface area contributed by atoms with Crippen LogP contribution in [0.1, 0.15) is 30.0 Å². The average molecular weight is 458 g/mol. The SMILES string of the molecule is CN(C(=O)CSc1nnc(-c2ccccc2Br)o1)C1CCCc2ccccc21. The lowest BCUT2D eigenvalue weighted by molar-refractivity contribution is -0.129. The summed E-state index contributed by atoms with van der Waals surface area (Å²) in [5.74, 6) is 0.775. The number of amides is 1. The Balaban J connectivity index is 1.41. The number of rotatable bonds is 5. The van der Waals surface area contributed by atoms with Gasteiger partial charge in [-0.1, -0.05) is 48.2 Å². The van der Waals surface area contributed by atoms with Crippen molar-refractivity contribution in [1.29, 1.82) is 0 Å². The van der Waals surface area contributed by atoms with Crippen molar-refractivity contribution in [3.63, 3.8) is 0 Å². The maximum atomic E-state index is 12.8. The number of carbonyl (C=O) groups excluding carboxylic acids is 1. The number of nitrogens with zero attached hydrogens (tertiary/aromatic N) is 3. The van der Waals surface area contributed by atoms with Crippen molar-refractivity contribution < 1.29 is 9.21 Å². The van der Waals surface area contributed by atoms with Gasteiger partial charge in [-0.2, -0.15) is 0 Å². The third kappa shape index (κ3) is 4.00. The minimum absolute atomic E-state index is 0.0624. The Labute approximate surface area is 176 Å². The molecule has 28 heavy (non-hydrogen) atoms.